The zero-order valence-corrected chi connectivity index (χ0v) is 15.8. The fourth-order valence-corrected chi connectivity index (χ4v) is 3.30. The molecule has 2 rings (SSSR count). The molecular weight excluding hydrogens is 335 g/mol. The van der Waals surface area contributed by atoms with Crippen molar-refractivity contribution in [2.75, 3.05) is 6.61 Å². The first-order valence-electron chi connectivity index (χ1n) is 8.68. The molecule has 0 bridgehead atoms. The Kier molecular flexibility index (Phi) is 7.39. The Labute approximate surface area is 150 Å². The van der Waals surface area contributed by atoms with Crippen molar-refractivity contribution in [1.82, 2.24) is 0 Å². The van der Waals surface area contributed by atoms with Gasteiger partial charge in [0.2, 0.25) is 0 Å². The van der Waals surface area contributed by atoms with E-state index in [0.29, 0.717) is 12.3 Å². The van der Waals surface area contributed by atoms with E-state index in [0.717, 1.165) is 19.3 Å². The summed E-state index contributed by atoms with van der Waals surface area (Å²) < 4.78 is 15.2. The first kappa shape index (κ1) is 19.9. The average Bonchev–Trinajstić information content (AvgIpc) is 2.55. The minimum absolute atomic E-state index is 0.101. The summed E-state index contributed by atoms with van der Waals surface area (Å²) in [4.78, 5) is 17.4. The Morgan fingerprint density at radius 1 is 0.840 bits per heavy atom. The van der Waals surface area contributed by atoms with Gasteiger partial charge >= 0.3 is 7.82 Å². The maximum Gasteiger partial charge on any atom is 0.469 e. The second kappa shape index (κ2) is 9.30. The molecule has 2 aromatic carbocycles. The van der Waals surface area contributed by atoms with Gasteiger partial charge < -0.3 is 9.79 Å². The molecule has 0 aliphatic carbocycles. The Morgan fingerprint density at radius 2 is 1.32 bits per heavy atom. The van der Waals surface area contributed by atoms with Gasteiger partial charge in [-0.15, -0.1) is 0 Å². The molecule has 0 fully saturated rings. The summed E-state index contributed by atoms with van der Waals surface area (Å²) in [5.74, 6) is 0.337. The van der Waals surface area contributed by atoms with Gasteiger partial charge in [0.05, 0.1) is 6.61 Å². The van der Waals surface area contributed by atoms with E-state index in [9.17, 15) is 4.57 Å². The van der Waals surface area contributed by atoms with Crippen molar-refractivity contribution in [3.05, 3.63) is 70.8 Å². The van der Waals surface area contributed by atoms with E-state index in [1.165, 1.54) is 22.3 Å². The SMILES string of the molecule is Cc1ccc(C(CCCCCOP(=O)(O)O)c2ccc(C)cc2)cc1. The van der Waals surface area contributed by atoms with Gasteiger partial charge in [-0.3, -0.25) is 4.52 Å². The fourth-order valence-electron chi connectivity index (χ4n) is 2.93. The molecule has 0 radical (unpaired) electrons. The van der Waals surface area contributed by atoms with Gasteiger partial charge in [0.15, 0.2) is 0 Å². The van der Waals surface area contributed by atoms with Crippen molar-refractivity contribution in [2.45, 2.75) is 45.4 Å². The third-order valence-corrected chi connectivity index (χ3v) is 4.87. The van der Waals surface area contributed by atoms with E-state index in [2.05, 4.69) is 66.9 Å². The Hall–Kier alpha value is -1.45. The van der Waals surface area contributed by atoms with E-state index in [-0.39, 0.29) is 6.61 Å². The third kappa shape index (κ3) is 7.13. The fraction of sp³-hybridized carbons (Fsp3) is 0.400. The van der Waals surface area contributed by atoms with Crippen LogP contribution in [0.4, 0.5) is 0 Å². The lowest BCUT2D eigenvalue weighted by Gasteiger charge is -2.19. The number of aryl methyl sites for hydroxylation is 2. The molecule has 25 heavy (non-hydrogen) atoms. The monoisotopic (exact) mass is 362 g/mol. The third-order valence-electron chi connectivity index (χ3n) is 4.36. The van der Waals surface area contributed by atoms with Crippen LogP contribution >= 0.6 is 7.82 Å². The van der Waals surface area contributed by atoms with Crippen LogP contribution in [0.5, 0.6) is 0 Å². The highest BCUT2D eigenvalue weighted by Gasteiger charge is 2.15. The molecular formula is C20H27O4P. The molecule has 2 aromatic rings. The smallest absolute Gasteiger partial charge is 0.303 e. The summed E-state index contributed by atoms with van der Waals surface area (Å²) in [5.41, 5.74) is 5.11. The van der Waals surface area contributed by atoms with Gasteiger partial charge in [-0.2, -0.15) is 0 Å². The van der Waals surface area contributed by atoms with Gasteiger partial charge in [-0.25, -0.2) is 4.57 Å². The Morgan fingerprint density at radius 3 is 1.76 bits per heavy atom. The second-order valence-corrected chi connectivity index (χ2v) is 7.79. The van der Waals surface area contributed by atoms with E-state index in [4.69, 9.17) is 9.79 Å². The van der Waals surface area contributed by atoms with Crippen molar-refractivity contribution in [2.24, 2.45) is 0 Å². The molecule has 5 heteroatoms. The van der Waals surface area contributed by atoms with E-state index in [1.54, 1.807) is 0 Å². The normalized spacial score (nSPS) is 11.9. The highest BCUT2D eigenvalue weighted by molar-refractivity contribution is 7.46. The largest absolute Gasteiger partial charge is 0.469 e. The lowest BCUT2D eigenvalue weighted by molar-refractivity contribution is 0.193. The number of rotatable bonds is 9. The van der Waals surface area contributed by atoms with Crippen LogP contribution < -0.4 is 0 Å². The van der Waals surface area contributed by atoms with E-state index < -0.39 is 7.82 Å². The molecule has 2 N–H and O–H groups in total. The van der Waals surface area contributed by atoms with Crippen molar-refractivity contribution in [3.63, 3.8) is 0 Å². The molecule has 0 aliphatic heterocycles. The number of hydrogen-bond donors (Lipinski definition) is 2. The highest BCUT2D eigenvalue weighted by Crippen LogP contribution is 2.36. The number of benzene rings is 2. The molecule has 0 atom stereocenters. The number of phosphoric ester groups is 1. The lowest BCUT2D eigenvalue weighted by atomic mass is 9.86. The number of unbranched alkanes of at least 4 members (excludes halogenated alkanes) is 2. The zero-order valence-electron chi connectivity index (χ0n) is 14.9. The Balaban J connectivity index is 1.97. The molecule has 0 saturated carbocycles. The number of hydrogen-bond acceptors (Lipinski definition) is 2. The summed E-state index contributed by atoms with van der Waals surface area (Å²) in [6.07, 6.45) is 3.52. The first-order valence-corrected chi connectivity index (χ1v) is 10.2. The van der Waals surface area contributed by atoms with Crippen molar-refractivity contribution in [3.8, 4) is 0 Å². The molecule has 0 aromatic heterocycles. The summed E-state index contributed by atoms with van der Waals surface area (Å²) in [5, 5.41) is 0. The first-order chi connectivity index (χ1) is 11.8. The minimum atomic E-state index is -4.34. The summed E-state index contributed by atoms with van der Waals surface area (Å²) in [6, 6.07) is 17.3. The standard InChI is InChI=1S/C20H27O4P/c1-16-7-11-18(12-8-16)20(19-13-9-17(2)10-14-19)6-4-3-5-15-24-25(21,22)23/h7-14,20H,3-6,15H2,1-2H3,(H2,21,22,23). The maximum absolute atomic E-state index is 10.7. The second-order valence-electron chi connectivity index (χ2n) is 6.55. The number of phosphoric acid groups is 1. The molecule has 0 heterocycles. The van der Waals surface area contributed by atoms with Gasteiger partial charge in [-0.05, 0) is 37.8 Å². The molecule has 0 unspecified atom stereocenters. The van der Waals surface area contributed by atoms with Gasteiger partial charge in [0, 0.05) is 5.92 Å². The lowest BCUT2D eigenvalue weighted by Crippen LogP contribution is -2.02. The van der Waals surface area contributed by atoms with Crippen LogP contribution in [0.3, 0.4) is 0 Å². The predicted octanol–water partition coefficient (Wildman–Crippen LogP) is 5.11. The molecule has 136 valence electrons. The van der Waals surface area contributed by atoms with Crippen molar-refractivity contribution in [1.29, 1.82) is 0 Å². The summed E-state index contributed by atoms with van der Waals surface area (Å²) in [6.45, 7) is 4.28. The maximum atomic E-state index is 10.7. The predicted molar refractivity (Wildman–Crippen MR) is 101 cm³/mol. The van der Waals surface area contributed by atoms with Crippen LogP contribution in [0.2, 0.25) is 0 Å². The van der Waals surface area contributed by atoms with Gasteiger partial charge in [0.1, 0.15) is 0 Å². The van der Waals surface area contributed by atoms with E-state index >= 15 is 0 Å². The summed E-state index contributed by atoms with van der Waals surface area (Å²) >= 11 is 0. The van der Waals surface area contributed by atoms with E-state index in [1.807, 2.05) is 0 Å². The van der Waals surface area contributed by atoms with Crippen LogP contribution in [-0.4, -0.2) is 16.4 Å². The van der Waals surface area contributed by atoms with Gasteiger partial charge in [-0.1, -0.05) is 72.5 Å². The van der Waals surface area contributed by atoms with Gasteiger partial charge in [0.25, 0.3) is 0 Å². The minimum Gasteiger partial charge on any atom is -0.303 e. The van der Waals surface area contributed by atoms with Crippen LogP contribution in [0.25, 0.3) is 0 Å². The molecule has 0 saturated heterocycles. The van der Waals surface area contributed by atoms with Crippen LogP contribution in [0.1, 0.15) is 53.9 Å². The molecule has 4 nitrogen and oxygen atoms in total. The summed E-state index contributed by atoms with van der Waals surface area (Å²) in [7, 11) is -4.34. The van der Waals surface area contributed by atoms with Crippen molar-refractivity contribution >= 4 is 7.82 Å². The van der Waals surface area contributed by atoms with Crippen LogP contribution in [0, 0.1) is 13.8 Å². The molecule has 0 amide bonds. The Bertz CT molecular complexity index is 643. The molecule has 0 aliphatic rings. The highest BCUT2D eigenvalue weighted by atomic mass is 31.2. The van der Waals surface area contributed by atoms with Crippen molar-refractivity contribution < 1.29 is 18.9 Å². The van der Waals surface area contributed by atoms with Crippen LogP contribution in [0.15, 0.2) is 48.5 Å². The average molecular weight is 362 g/mol. The quantitative estimate of drug-likeness (QED) is 0.481. The zero-order chi connectivity index (χ0) is 18.3. The molecule has 0 spiro atoms. The topological polar surface area (TPSA) is 66.8 Å². The van der Waals surface area contributed by atoms with Crippen LogP contribution in [-0.2, 0) is 9.09 Å².